The average Bonchev–Trinajstić information content (AvgIpc) is 3.10. The number of fused-ring (bicyclic) bond motifs is 1. The molecular weight excluding hydrogens is 368 g/mol. The van der Waals surface area contributed by atoms with Gasteiger partial charge in [-0.1, -0.05) is 12.1 Å². The molecule has 0 saturated heterocycles. The number of benzene rings is 1. The lowest BCUT2D eigenvalue weighted by atomic mass is 10.2. The Labute approximate surface area is 147 Å². The van der Waals surface area contributed by atoms with Crippen molar-refractivity contribution in [2.45, 2.75) is 11.0 Å². The summed E-state index contributed by atoms with van der Waals surface area (Å²) in [5.74, 6) is -1.31. The predicted octanol–water partition coefficient (Wildman–Crippen LogP) is 0.976. The molecule has 0 saturated carbocycles. The highest BCUT2D eigenvalue weighted by Crippen LogP contribution is 2.38. The number of primary amides is 1. The molecule has 2 heterocycles. The van der Waals surface area contributed by atoms with Gasteiger partial charge in [0.25, 0.3) is 15.9 Å². The second-order valence-electron chi connectivity index (χ2n) is 5.12. The number of hydrogen-bond acceptors (Lipinski definition) is 7. The summed E-state index contributed by atoms with van der Waals surface area (Å²) >= 11 is 0.958. The van der Waals surface area contributed by atoms with Gasteiger partial charge in [-0.3, -0.25) is 9.10 Å². The van der Waals surface area contributed by atoms with Crippen LogP contribution in [-0.2, 0) is 19.6 Å². The SMILES string of the molecule is COC(=O)c1sccc1S(=O)(=O)N1C[C@H](C(N)=O)Oc2ccccc21. The molecule has 0 fully saturated rings. The normalized spacial score (nSPS) is 16.7. The van der Waals surface area contributed by atoms with Crippen LogP contribution in [0.15, 0.2) is 40.6 Å². The maximum Gasteiger partial charge on any atom is 0.349 e. The van der Waals surface area contributed by atoms with Crippen molar-refractivity contribution in [3.63, 3.8) is 0 Å². The van der Waals surface area contributed by atoms with Gasteiger partial charge in [0.1, 0.15) is 15.5 Å². The Hall–Kier alpha value is -2.59. The van der Waals surface area contributed by atoms with Gasteiger partial charge in [-0.05, 0) is 23.6 Å². The number of rotatable bonds is 4. The van der Waals surface area contributed by atoms with Crippen molar-refractivity contribution in [2.24, 2.45) is 5.73 Å². The summed E-state index contributed by atoms with van der Waals surface area (Å²) in [4.78, 5) is 23.2. The van der Waals surface area contributed by atoms with Crippen LogP contribution in [0, 0.1) is 0 Å². The Kier molecular flexibility index (Phi) is 4.39. The number of anilines is 1. The standard InChI is InChI=1S/C15H14N2O6S2/c1-22-15(19)13-12(6-7-24-13)25(20,21)17-8-11(14(16)18)23-10-5-3-2-4-9(10)17/h2-7,11H,8H2,1H3,(H2,16,18)/t11-/m1/s1. The summed E-state index contributed by atoms with van der Waals surface area (Å²) in [5.41, 5.74) is 5.56. The molecule has 2 N–H and O–H groups in total. The van der Waals surface area contributed by atoms with Gasteiger partial charge in [-0.2, -0.15) is 0 Å². The van der Waals surface area contributed by atoms with Gasteiger partial charge in [-0.15, -0.1) is 11.3 Å². The van der Waals surface area contributed by atoms with Gasteiger partial charge in [0.15, 0.2) is 6.10 Å². The van der Waals surface area contributed by atoms with E-state index in [4.69, 9.17) is 10.5 Å². The molecule has 8 nitrogen and oxygen atoms in total. The lowest BCUT2D eigenvalue weighted by Crippen LogP contribution is -2.49. The number of nitrogens with zero attached hydrogens (tertiary/aromatic N) is 1. The average molecular weight is 382 g/mol. The van der Waals surface area contributed by atoms with E-state index < -0.39 is 28.0 Å². The molecule has 1 aromatic heterocycles. The van der Waals surface area contributed by atoms with Crippen LogP contribution in [0.3, 0.4) is 0 Å². The predicted molar refractivity (Wildman–Crippen MR) is 90.2 cm³/mol. The number of hydrogen-bond donors (Lipinski definition) is 1. The zero-order valence-corrected chi connectivity index (χ0v) is 14.7. The Morgan fingerprint density at radius 3 is 2.72 bits per heavy atom. The number of carbonyl (C=O) groups excluding carboxylic acids is 2. The maximum absolute atomic E-state index is 13.1. The van der Waals surface area contributed by atoms with E-state index in [0.717, 1.165) is 15.6 Å². The second kappa shape index (κ2) is 6.37. The van der Waals surface area contributed by atoms with Crippen molar-refractivity contribution >= 4 is 38.9 Å². The van der Waals surface area contributed by atoms with E-state index in [2.05, 4.69) is 4.74 Å². The van der Waals surface area contributed by atoms with Gasteiger partial charge >= 0.3 is 5.97 Å². The van der Waals surface area contributed by atoms with E-state index >= 15 is 0 Å². The number of methoxy groups -OCH3 is 1. The van der Waals surface area contributed by atoms with Crippen molar-refractivity contribution in [2.75, 3.05) is 18.0 Å². The molecule has 0 unspecified atom stereocenters. The van der Waals surface area contributed by atoms with Crippen LogP contribution in [-0.4, -0.2) is 40.1 Å². The quantitative estimate of drug-likeness (QED) is 0.788. The largest absolute Gasteiger partial charge is 0.476 e. The molecule has 1 amide bonds. The van der Waals surface area contributed by atoms with Gasteiger partial charge in [0.2, 0.25) is 0 Å². The number of sulfonamides is 1. The molecule has 2 aromatic rings. The summed E-state index contributed by atoms with van der Waals surface area (Å²) in [6, 6.07) is 7.71. The van der Waals surface area contributed by atoms with Crippen molar-refractivity contribution in [1.29, 1.82) is 0 Å². The van der Waals surface area contributed by atoms with Crippen LogP contribution in [0.2, 0.25) is 0 Å². The van der Waals surface area contributed by atoms with Crippen LogP contribution in [0.25, 0.3) is 0 Å². The van der Waals surface area contributed by atoms with Crippen LogP contribution >= 0.6 is 11.3 Å². The lowest BCUT2D eigenvalue weighted by Gasteiger charge is -2.34. The van der Waals surface area contributed by atoms with Crippen LogP contribution in [0.1, 0.15) is 9.67 Å². The fourth-order valence-corrected chi connectivity index (χ4v) is 5.23. The van der Waals surface area contributed by atoms with Crippen molar-refractivity contribution < 1.29 is 27.5 Å². The number of para-hydroxylation sites is 2. The van der Waals surface area contributed by atoms with Crippen molar-refractivity contribution in [3.8, 4) is 5.75 Å². The van der Waals surface area contributed by atoms with Gasteiger partial charge < -0.3 is 15.2 Å². The Balaban J connectivity index is 2.12. The molecule has 10 heteroatoms. The first-order valence-corrected chi connectivity index (χ1v) is 9.41. The zero-order chi connectivity index (χ0) is 18.2. The lowest BCUT2D eigenvalue weighted by molar-refractivity contribution is -0.124. The maximum atomic E-state index is 13.1. The van der Waals surface area contributed by atoms with Crippen molar-refractivity contribution in [3.05, 3.63) is 40.6 Å². The number of thiophene rings is 1. The Morgan fingerprint density at radius 1 is 1.32 bits per heavy atom. The molecule has 3 rings (SSSR count). The van der Waals surface area contributed by atoms with E-state index in [1.54, 1.807) is 24.3 Å². The van der Waals surface area contributed by atoms with E-state index in [1.165, 1.54) is 18.6 Å². The highest BCUT2D eigenvalue weighted by Gasteiger charge is 2.38. The van der Waals surface area contributed by atoms with E-state index in [0.29, 0.717) is 0 Å². The molecule has 0 spiro atoms. The molecule has 1 aliphatic heterocycles. The third-order valence-electron chi connectivity index (χ3n) is 3.62. The fraction of sp³-hybridized carbons (Fsp3) is 0.200. The highest BCUT2D eigenvalue weighted by molar-refractivity contribution is 7.93. The van der Waals surface area contributed by atoms with Crippen LogP contribution < -0.4 is 14.8 Å². The molecule has 0 aliphatic carbocycles. The summed E-state index contributed by atoms with van der Waals surface area (Å²) in [6.45, 7) is -0.287. The third kappa shape index (κ3) is 2.94. The summed E-state index contributed by atoms with van der Waals surface area (Å²) in [7, 11) is -2.96. The summed E-state index contributed by atoms with van der Waals surface area (Å²) in [6.07, 6.45) is -1.13. The molecule has 1 aromatic carbocycles. The first-order valence-electron chi connectivity index (χ1n) is 7.10. The summed E-state index contributed by atoms with van der Waals surface area (Å²) in [5, 5.41) is 1.48. The van der Waals surface area contributed by atoms with E-state index in [1.807, 2.05) is 0 Å². The van der Waals surface area contributed by atoms with Gasteiger partial charge in [0.05, 0.1) is 19.3 Å². The molecule has 0 bridgehead atoms. The van der Waals surface area contributed by atoms with Gasteiger partial charge in [-0.25, -0.2) is 13.2 Å². The summed E-state index contributed by atoms with van der Waals surface area (Å²) < 4.78 is 37.4. The minimum atomic E-state index is -4.13. The van der Waals surface area contributed by atoms with E-state index in [9.17, 15) is 18.0 Å². The molecule has 25 heavy (non-hydrogen) atoms. The number of carbonyl (C=O) groups is 2. The third-order valence-corrected chi connectivity index (χ3v) is 6.47. The number of esters is 1. The monoisotopic (exact) mass is 382 g/mol. The Bertz CT molecular complexity index is 937. The van der Waals surface area contributed by atoms with E-state index in [-0.39, 0.29) is 27.8 Å². The fourth-order valence-electron chi connectivity index (χ4n) is 2.44. The number of amides is 1. The number of nitrogens with two attached hydrogens (primary N) is 1. The molecular formula is C15H14N2O6S2. The molecule has 1 aliphatic rings. The smallest absolute Gasteiger partial charge is 0.349 e. The minimum Gasteiger partial charge on any atom is -0.476 e. The minimum absolute atomic E-state index is 0.0397. The second-order valence-corrected chi connectivity index (χ2v) is 7.87. The molecule has 0 radical (unpaired) electrons. The van der Waals surface area contributed by atoms with Crippen LogP contribution in [0.5, 0.6) is 5.75 Å². The Morgan fingerprint density at radius 2 is 2.04 bits per heavy atom. The highest BCUT2D eigenvalue weighted by atomic mass is 32.2. The van der Waals surface area contributed by atoms with Crippen LogP contribution in [0.4, 0.5) is 5.69 Å². The van der Waals surface area contributed by atoms with Gasteiger partial charge in [0, 0.05) is 0 Å². The first kappa shape index (κ1) is 17.2. The van der Waals surface area contributed by atoms with Crippen molar-refractivity contribution in [1.82, 2.24) is 0 Å². The topological polar surface area (TPSA) is 116 Å². The first-order chi connectivity index (χ1) is 11.9. The number of ether oxygens (including phenoxy) is 2. The molecule has 1 atom stereocenters. The zero-order valence-electron chi connectivity index (χ0n) is 13.0. The molecule has 132 valence electrons.